The molecular formula is C7H14BO5P. The maximum Gasteiger partial charge on any atom is 0.348 e. The fourth-order valence-electron chi connectivity index (χ4n) is 1.35. The van der Waals surface area contributed by atoms with Gasteiger partial charge < -0.3 is 19.6 Å². The molecule has 5 nitrogen and oxygen atoms in total. The first kappa shape index (κ1) is 11.9. The summed E-state index contributed by atoms with van der Waals surface area (Å²) < 4.78 is 15.8. The monoisotopic (exact) mass is 220 g/mol. The molecule has 3 atom stereocenters. The molecule has 0 spiro atoms. The van der Waals surface area contributed by atoms with Crippen LogP contribution in [0.15, 0.2) is 11.9 Å². The lowest BCUT2D eigenvalue weighted by Gasteiger charge is -2.19. The van der Waals surface area contributed by atoms with Crippen molar-refractivity contribution in [1.82, 2.24) is 0 Å². The van der Waals surface area contributed by atoms with Crippen molar-refractivity contribution in [3.8, 4) is 0 Å². The van der Waals surface area contributed by atoms with Crippen LogP contribution in [-0.2, 0) is 9.30 Å². The molecule has 7 heteroatoms. The Morgan fingerprint density at radius 1 is 1.64 bits per heavy atom. The van der Waals surface area contributed by atoms with Gasteiger partial charge in [-0.05, 0) is 13.0 Å². The van der Waals surface area contributed by atoms with E-state index in [0.29, 0.717) is 6.42 Å². The predicted octanol–water partition coefficient (Wildman–Crippen LogP) is -0.823. The van der Waals surface area contributed by atoms with Crippen LogP contribution in [0.3, 0.4) is 0 Å². The number of aliphatic hydroxyl groups is 1. The average molecular weight is 220 g/mol. The summed E-state index contributed by atoms with van der Waals surface area (Å²) in [4.78, 5) is 17.2. The molecule has 1 aliphatic rings. The Kier molecular flexibility index (Phi) is 3.24. The van der Waals surface area contributed by atoms with Crippen molar-refractivity contribution in [2.75, 3.05) is 0 Å². The minimum atomic E-state index is -4.12. The van der Waals surface area contributed by atoms with E-state index in [4.69, 9.17) is 14.5 Å². The molecule has 80 valence electrons. The van der Waals surface area contributed by atoms with E-state index in [1.165, 1.54) is 6.08 Å². The van der Waals surface area contributed by atoms with Crippen molar-refractivity contribution < 1.29 is 24.2 Å². The molecule has 0 aliphatic carbocycles. The molecule has 0 radical (unpaired) electrons. The van der Waals surface area contributed by atoms with Crippen molar-refractivity contribution >= 4 is 15.4 Å². The summed E-state index contributed by atoms with van der Waals surface area (Å²) in [6, 6.07) is -0.325. The van der Waals surface area contributed by atoms with Gasteiger partial charge in [-0.25, -0.2) is 0 Å². The van der Waals surface area contributed by atoms with Crippen molar-refractivity contribution in [1.29, 1.82) is 0 Å². The minimum absolute atomic E-state index is 0.325. The smallest absolute Gasteiger partial charge is 0.348 e. The molecule has 0 bridgehead atoms. The van der Waals surface area contributed by atoms with Gasteiger partial charge in [0.1, 0.15) is 7.85 Å². The maximum atomic E-state index is 10.5. The summed E-state index contributed by atoms with van der Waals surface area (Å²) in [5.74, 6) is 0.811. The highest BCUT2D eigenvalue weighted by Gasteiger charge is 2.39. The molecule has 3 N–H and O–H groups in total. The van der Waals surface area contributed by atoms with E-state index >= 15 is 0 Å². The van der Waals surface area contributed by atoms with Crippen molar-refractivity contribution in [2.45, 2.75) is 31.1 Å². The summed E-state index contributed by atoms with van der Waals surface area (Å²) in [6.07, 6.45) is 1.23. The maximum absolute atomic E-state index is 10.5. The first-order chi connectivity index (χ1) is 6.21. The van der Waals surface area contributed by atoms with Crippen LogP contribution in [0, 0.1) is 0 Å². The van der Waals surface area contributed by atoms with Crippen LogP contribution in [0.5, 0.6) is 0 Å². The fourth-order valence-corrected chi connectivity index (χ4v) is 1.77. The van der Waals surface area contributed by atoms with Gasteiger partial charge in [-0.15, -0.1) is 0 Å². The SMILES string of the molecule is B[C@@H]1O[C@H](/C=C\P(=O)(O)O)C[C@@]1(C)O. The van der Waals surface area contributed by atoms with Crippen molar-refractivity contribution in [3.05, 3.63) is 11.9 Å². The zero-order valence-corrected chi connectivity index (χ0v) is 9.02. The molecule has 1 saturated heterocycles. The van der Waals surface area contributed by atoms with Crippen LogP contribution in [0.2, 0.25) is 0 Å². The second-order valence-corrected chi connectivity index (χ2v) is 5.28. The van der Waals surface area contributed by atoms with Crippen LogP contribution in [-0.4, -0.2) is 40.4 Å². The Balaban J connectivity index is 2.60. The van der Waals surface area contributed by atoms with Crippen LogP contribution < -0.4 is 0 Å². The Bertz CT molecular complexity index is 284. The lowest BCUT2D eigenvalue weighted by molar-refractivity contribution is 0.0144. The Labute approximate surface area is 83.3 Å². The van der Waals surface area contributed by atoms with Gasteiger partial charge in [0.15, 0.2) is 0 Å². The van der Waals surface area contributed by atoms with Crippen LogP contribution in [0.4, 0.5) is 0 Å². The topological polar surface area (TPSA) is 87.0 Å². The third kappa shape index (κ3) is 3.22. The number of rotatable bonds is 2. The first-order valence-electron chi connectivity index (χ1n) is 4.33. The highest BCUT2D eigenvalue weighted by molar-refractivity contribution is 7.55. The first-order valence-corrected chi connectivity index (χ1v) is 6.01. The lowest BCUT2D eigenvalue weighted by Crippen LogP contribution is -2.34. The second-order valence-electron chi connectivity index (χ2n) is 3.81. The highest BCUT2D eigenvalue weighted by atomic mass is 31.2. The summed E-state index contributed by atoms with van der Waals surface area (Å²) in [5, 5.41) is 9.71. The van der Waals surface area contributed by atoms with Gasteiger partial charge in [0, 0.05) is 12.2 Å². The van der Waals surface area contributed by atoms with Gasteiger partial charge in [0.2, 0.25) is 0 Å². The van der Waals surface area contributed by atoms with Gasteiger partial charge in [-0.3, -0.25) is 4.57 Å². The average Bonchev–Trinajstić information content (AvgIpc) is 2.21. The third-order valence-electron chi connectivity index (χ3n) is 2.36. The normalized spacial score (nSPS) is 39.4. The summed E-state index contributed by atoms with van der Waals surface area (Å²) in [6.45, 7) is 1.64. The van der Waals surface area contributed by atoms with Crippen molar-refractivity contribution in [3.63, 3.8) is 0 Å². The van der Waals surface area contributed by atoms with Gasteiger partial charge in [0.25, 0.3) is 0 Å². The molecule has 1 heterocycles. The van der Waals surface area contributed by atoms with E-state index in [1.807, 2.05) is 0 Å². The number of hydrogen-bond acceptors (Lipinski definition) is 3. The van der Waals surface area contributed by atoms with E-state index < -0.39 is 19.3 Å². The second kappa shape index (κ2) is 3.79. The molecule has 1 aliphatic heterocycles. The van der Waals surface area contributed by atoms with Crippen molar-refractivity contribution in [2.24, 2.45) is 0 Å². The quantitative estimate of drug-likeness (QED) is 0.418. The molecule has 14 heavy (non-hydrogen) atoms. The van der Waals surface area contributed by atoms with E-state index in [-0.39, 0.29) is 6.00 Å². The molecule has 0 amide bonds. The van der Waals surface area contributed by atoms with E-state index in [0.717, 1.165) is 5.82 Å². The van der Waals surface area contributed by atoms with Crippen LogP contribution in [0.1, 0.15) is 13.3 Å². The summed E-state index contributed by atoms with van der Waals surface area (Å²) >= 11 is 0. The Morgan fingerprint density at radius 2 is 2.21 bits per heavy atom. The van der Waals surface area contributed by atoms with Crippen LogP contribution in [0.25, 0.3) is 0 Å². The summed E-state index contributed by atoms with van der Waals surface area (Å²) in [5.41, 5.74) is -0.927. The molecule has 0 aromatic carbocycles. The zero-order valence-electron chi connectivity index (χ0n) is 8.12. The molecular weight excluding hydrogens is 206 g/mol. The molecule has 0 saturated carbocycles. The van der Waals surface area contributed by atoms with E-state index in [9.17, 15) is 9.67 Å². The number of hydrogen-bond donors (Lipinski definition) is 3. The Hall–Kier alpha value is -0.125. The zero-order chi connectivity index (χ0) is 11.0. The largest absolute Gasteiger partial charge is 0.388 e. The fraction of sp³-hybridized carbons (Fsp3) is 0.714. The molecule has 1 fully saturated rings. The minimum Gasteiger partial charge on any atom is -0.388 e. The van der Waals surface area contributed by atoms with Gasteiger partial charge in [0.05, 0.1) is 17.7 Å². The predicted molar refractivity (Wildman–Crippen MR) is 53.6 cm³/mol. The molecule has 0 aromatic rings. The molecule has 0 unspecified atom stereocenters. The van der Waals surface area contributed by atoms with Gasteiger partial charge >= 0.3 is 7.60 Å². The van der Waals surface area contributed by atoms with Gasteiger partial charge in [-0.2, -0.15) is 0 Å². The van der Waals surface area contributed by atoms with Crippen LogP contribution >= 0.6 is 7.60 Å². The Morgan fingerprint density at radius 3 is 2.57 bits per heavy atom. The standard InChI is InChI=1S/C7H14BO5P/c1-7(9)4-5(13-6(7)8)2-3-14(10,11)12/h2-3,5-6,9H,4,8H2,1H3,(H2,10,11,12)/b3-2-/t5-,6-,7-/m1/s1. The third-order valence-corrected chi connectivity index (χ3v) is 2.92. The molecule has 0 aromatic heterocycles. The summed E-state index contributed by atoms with van der Waals surface area (Å²) in [7, 11) is -2.39. The van der Waals surface area contributed by atoms with E-state index in [1.54, 1.807) is 14.8 Å². The van der Waals surface area contributed by atoms with E-state index in [2.05, 4.69) is 0 Å². The molecule has 1 rings (SSSR count). The lowest BCUT2D eigenvalue weighted by atomic mass is 9.84. The number of ether oxygens (including phenoxy) is 1. The highest BCUT2D eigenvalue weighted by Crippen LogP contribution is 2.38. The van der Waals surface area contributed by atoms with Gasteiger partial charge in [-0.1, -0.05) is 0 Å².